The van der Waals surface area contributed by atoms with E-state index in [1.807, 2.05) is 0 Å². The fourth-order valence-corrected chi connectivity index (χ4v) is 1.61. The van der Waals surface area contributed by atoms with E-state index < -0.39 is 15.9 Å². The summed E-state index contributed by atoms with van der Waals surface area (Å²) in [4.78, 5) is 11.3. The van der Waals surface area contributed by atoms with Gasteiger partial charge in [0.05, 0.1) is 11.4 Å². The van der Waals surface area contributed by atoms with Gasteiger partial charge in [-0.3, -0.25) is 4.79 Å². The van der Waals surface area contributed by atoms with E-state index in [9.17, 15) is 13.2 Å². The van der Waals surface area contributed by atoms with Crippen molar-refractivity contribution >= 4 is 15.9 Å². The second-order valence-corrected chi connectivity index (χ2v) is 4.52. The van der Waals surface area contributed by atoms with Crippen LogP contribution in [0.1, 0.15) is 10.4 Å². The lowest BCUT2D eigenvalue weighted by atomic mass is 10.2. The van der Waals surface area contributed by atoms with Gasteiger partial charge in [0.25, 0.3) is 5.91 Å². The van der Waals surface area contributed by atoms with Crippen molar-refractivity contribution in [2.45, 2.75) is 4.90 Å². The fourth-order valence-electron chi connectivity index (χ4n) is 1.05. The Bertz CT molecular complexity index is 543. The number of nitrogens with two attached hydrogens (primary N) is 1. The lowest BCUT2D eigenvalue weighted by Gasteiger charge is -2.03. The molecule has 84 valence electrons. The molecule has 0 saturated heterocycles. The minimum Gasteiger partial charge on any atom is -0.341 e. The average Bonchev–Trinajstić information content (AvgIpc) is 2.25. The highest BCUT2D eigenvalue weighted by atomic mass is 32.2. The van der Waals surface area contributed by atoms with Crippen LogP contribution in [0.25, 0.3) is 0 Å². The summed E-state index contributed by atoms with van der Waals surface area (Å²) in [6.45, 7) is 0.0818. The monoisotopic (exact) mass is 238 g/mol. The maximum Gasteiger partial charge on any atom is 0.252 e. The van der Waals surface area contributed by atoms with E-state index in [2.05, 4.69) is 11.2 Å². The number of benzene rings is 1. The Hall–Kier alpha value is -1.84. The summed E-state index contributed by atoms with van der Waals surface area (Å²) in [6.07, 6.45) is 4.97. The van der Waals surface area contributed by atoms with E-state index in [-0.39, 0.29) is 17.0 Å². The molecule has 0 aromatic heterocycles. The van der Waals surface area contributed by atoms with Crippen molar-refractivity contribution in [3.63, 3.8) is 0 Å². The van der Waals surface area contributed by atoms with Crippen LogP contribution in [-0.4, -0.2) is 20.9 Å². The molecule has 0 atom stereocenters. The van der Waals surface area contributed by atoms with Gasteiger partial charge in [-0.25, -0.2) is 13.6 Å². The molecule has 0 unspecified atom stereocenters. The number of primary sulfonamides is 1. The van der Waals surface area contributed by atoms with Crippen LogP contribution in [0.2, 0.25) is 0 Å². The van der Waals surface area contributed by atoms with Gasteiger partial charge in [-0.1, -0.05) is 12.0 Å². The molecule has 6 heteroatoms. The number of sulfonamides is 1. The highest BCUT2D eigenvalue weighted by Crippen LogP contribution is 2.09. The van der Waals surface area contributed by atoms with Crippen LogP contribution in [0.3, 0.4) is 0 Å². The Labute approximate surface area is 93.7 Å². The summed E-state index contributed by atoms with van der Waals surface area (Å²) in [5.74, 6) is 1.80. The van der Waals surface area contributed by atoms with Crippen LogP contribution in [0.15, 0.2) is 29.2 Å². The van der Waals surface area contributed by atoms with Crippen molar-refractivity contribution < 1.29 is 13.2 Å². The molecule has 16 heavy (non-hydrogen) atoms. The molecule has 1 aromatic carbocycles. The van der Waals surface area contributed by atoms with E-state index in [1.54, 1.807) is 0 Å². The lowest BCUT2D eigenvalue weighted by Crippen LogP contribution is -2.24. The first-order valence-corrected chi connectivity index (χ1v) is 5.84. The molecule has 0 heterocycles. The van der Waals surface area contributed by atoms with Crippen LogP contribution >= 0.6 is 0 Å². The second-order valence-electron chi connectivity index (χ2n) is 2.96. The molecule has 0 bridgehead atoms. The van der Waals surface area contributed by atoms with Crippen LogP contribution in [0.5, 0.6) is 0 Å². The number of rotatable bonds is 3. The third kappa shape index (κ3) is 3.08. The lowest BCUT2D eigenvalue weighted by molar-refractivity contribution is 0.0958. The number of carbonyl (C=O) groups excluding carboxylic acids is 1. The highest BCUT2D eigenvalue weighted by molar-refractivity contribution is 7.89. The molecule has 5 nitrogen and oxygen atoms in total. The predicted molar refractivity (Wildman–Crippen MR) is 59.0 cm³/mol. The molecule has 0 aliphatic rings. The Morgan fingerprint density at radius 3 is 2.75 bits per heavy atom. The van der Waals surface area contributed by atoms with E-state index in [0.29, 0.717) is 0 Å². The second kappa shape index (κ2) is 4.79. The summed E-state index contributed by atoms with van der Waals surface area (Å²) in [7, 11) is -3.80. The minimum atomic E-state index is -3.80. The quantitative estimate of drug-likeness (QED) is 0.708. The summed E-state index contributed by atoms with van der Waals surface area (Å²) in [5.41, 5.74) is 0.196. The molecule has 0 spiro atoms. The van der Waals surface area contributed by atoms with Crippen molar-refractivity contribution in [1.82, 2.24) is 5.32 Å². The normalized spacial score (nSPS) is 10.5. The van der Waals surface area contributed by atoms with Crippen molar-refractivity contribution in [2.75, 3.05) is 6.54 Å². The van der Waals surface area contributed by atoms with E-state index >= 15 is 0 Å². The number of terminal acetylenes is 1. The number of carbonyl (C=O) groups is 1. The number of nitrogens with one attached hydrogen (secondary N) is 1. The van der Waals surface area contributed by atoms with Crippen molar-refractivity contribution in [2.24, 2.45) is 5.14 Å². The third-order valence-electron chi connectivity index (χ3n) is 1.78. The Morgan fingerprint density at radius 1 is 1.50 bits per heavy atom. The molecular weight excluding hydrogens is 228 g/mol. The molecule has 0 saturated carbocycles. The van der Waals surface area contributed by atoms with Gasteiger partial charge in [0.2, 0.25) is 10.0 Å². The van der Waals surface area contributed by atoms with Gasteiger partial charge < -0.3 is 5.32 Å². The molecule has 0 fully saturated rings. The summed E-state index contributed by atoms with van der Waals surface area (Å²) < 4.78 is 22.1. The van der Waals surface area contributed by atoms with Crippen molar-refractivity contribution in [3.05, 3.63) is 29.8 Å². The third-order valence-corrected chi connectivity index (χ3v) is 2.69. The molecule has 1 rings (SSSR count). The van der Waals surface area contributed by atoms with Crippen LogP contribution in [0.4, 0.5) is 0 Å². The Balaban J connectivity index is 3.01. The standard InChI is InChI=1S/C10H10N2O3S/c1-2-6-12-10(13)8-4-3-5-9(7-8)16(11,14)15/h1,3-5,7H,6H2,(H,12,13)(H2,11,14,15). The molecule has 0 aliphatic carbocycles. The van der Waals surface area contributed by atoms with E-state index in [0.717, 1.165) is 0 Å². The zero-order valence-corrected chi connectivity index (χ0v) is 9.12. The van der Waals surface area contributed by atoms with Crippen LogP contribution in [-0.2, 0) is 10.0 Å². The topological polar surface area (TPSA) is 89.3 Å². The van der Waals surface area contributed by atoms with Gasteiger partial charge in [-0.05, 0) is 18.2 Å². The zero-order valence-electron chi connectivity index (χ0n) is 8.30. The van der Waals surface area contributed by atoms with Gasteiger partial charge in [0, 0.05) is 5.56 Å². The minimum absolute atomic E-state index is 0.0818. The molecule has 0 radical (unpaired) electrons. The fraction of sp³-hybridized carbons (Fsp3) is 0.100. The number of amides is 1. The smallest absolute Gasteiger partial charge is 0.252 e. The molecule has 1 amide bonds. The van der Waals surface area contributed by atoms with E-state index in [4.69, 9.17) is 11.6 Å². The van der Waals surface area contributed by atoms with Gasteiger partial charge in [0.15, 0.2) is 0 Å². The largest absolute Gasteiger partial charge is 0.341 e. The van der Waals surface area contributed by atoms with Crippen LogP contribution < -0.4 is 10.5 Å². The highest BCUT2D eigenvalue weighted by Gasteiger charge is 2.11. The maximum absolute atomic E-state index is 11.4. The molecule has 3 N–H and O–H groups in total. The van der Waals surface area contributed by atoms with Gasteiger partial charge in [-0.2, -0.15) is 0 Å². The van der Waals surface area contributed by atoms with Gasteiger partial charge in [-0.15, -0.1) is 6.42 Å². The van der Waals surface area contributed by atoms with Gasteiger partial charge in [0.1, 0.15) is 0 Å². The first kappa shape index (κ1) is 12.2. The van der Waals surface area contributed by atoms with Crippen LogP contribution in [0, 0.1) is 12.3 Å². The first-order valence-electron chi connectivity index (χ1n) is 4.29. The molecule has 0 aliphatic heterocycles. The van der Waals surface area contributed by atoms with Crippen molar-refractivity contribution in [1.29, 1.82) is 0 Å². The predicted octanol–water partition coefficient (Wildman–Crippen LogP) is -0.303. The Kier molecular flexibility index (Phi) is 3.66. The summed E-state index contributed by atoms with van der Waals surface area (Å²) in [5, 5.41) is 7.35. The average molecular weight is 238 g/mol. The summed E-state index contributed by atoms with van der Waals surface area (Å²) >= 11 is 0. The SMILES string of the molecule is C#CCNC(=O)c1cccc(S(N)(=O)=O)c1. The number of hydrogen-bond acceptors (Lipinski definition) is 3. The van der Waals surface area contributed by atoms with E-state index in [1.165, 1.54) is 24.3 Å². The summed E-state index contributed by atoms with van der Waals surface area (Å²) in [6, 6.07) is 5.42. The number of hydrogen-bond donors (Lipinski definition) is 2. The zero-order chi connectivity index (χ0) is 12.2. The molecular formula is C10H10N2O3S. The Morgan fingerprint density at radius 2 is 2.19 bits per heavy atom. The van der Waals surface area contributed by atoms with Crippen molar-refractivity contribution in [3.8, 4) is 12.3 Å². The maximum atomic E-state index is 11.4. The molecule has 1 aromatic rings. The van der Waals surface area contributed by atoms with Gasteiger partial charge >= 0.3 is 0 Å². The first-order chi connectivity index (χ1) is 7.45.